The minimum absolute atomic E-state index is 0.0356. The monoisotopic (exact) mass is 384 g/mol. The average molecular weight is 385 g/mol. The molecule has 1 aliphatic rings. The molecule has 1 aliphatic carbocycles. The molecule has 132 valence electrons. The zero-order valence-electron chi connectivity index (χ0n) is 12.1. The molecule has 3 unspecified atom stereocenters. The number of carbonyl (C=O) groups excluding carboxylic acids is 1. The normalized spacial score (nSPS) is 25.0. The second-order valence-electron chi connectivity index (χ2n) is 5.13. The van der Waals surface area contributed by atoms with Crippen molar-refractivity contribution in [3.05, 3.63) is 39.6 Å². The number of carboxylic acid groups (broad SMARTS) is 1. The SMILES string of the molecule is Cc1nn(C2(F)C=CC(CC(Cl)C(=O)[O-])C(Cl)=C2)c(=O)n1C(F)F. The molecule has 11 heteroatoms. The summed E-state index contributed by atoms with van der Waals surface area (Å²) >= 11 is 11.5. The molecule has 0 spiro atoms. The van der Waals surface area contributed by atoms with Crippen LogP contribution >= 0.6 is 23.2 Å². The number of allylic oxidation sites excluding steroid dienone is 4. The Morgan fingerprint density at radius 1 is 1.54 bits per heavy atom. The van der Waals surface area contributed by atoms with Crippen LogP contribution in [0.3, 0.4) is 0 Å². The summed E-state index contributed by atoms with van der Waals surface area (Å²) in [5.41, 5.74) is -1.35. The van der Waals surface area contributed by atoms with Gasteiger partial charge in [-0.25, -0.2) is 13.8 Å². The van der Waals surface area contributed by atoms with Gasteiger partial charge in [0.2, 0.25) is 5.79 Å². The molecule has 1 aromatic heterocycles. The minimum atomic E-state index is -3.17. The van der Waals surface area contributed by atoms with E-state index in [2.05, 4.69) is 5.10 Å². The third-order valence-electron chi connectivity index (χ3n) is 3.47. The molecule has 0 bridgehead atoms. The number of aromatic nitrogens is 3. The first-order valence-corrected chi connectivity index (χ1v) is 7.46. The molecule has 1 heterocycles. The Bertz CT molecular complexity index is 774. The number of rotatable bonds is 5. The van der Waals surface area contributed by atoms with Crippen LogP contribution in [0.25, 0.3) is 0 Å². The van der Waals surface area contributed by atoms with Crippen molar-refractivity contribution in [2.75, 3.05) is 0 Å². The Morgan fingerprint density at radius 3 is 2.62 bits per heavy atom. The highest BCUT2D eigenvalue weighted by Gasteiger charge is 2.37. The van der Waals surface area contributed by atoms with Gasteiger partial charge in [-0.05, 0) is 25.5 Å². The first-order valence-electron chi connectivity index (χ1n) is 6.65. The van der Waals surface area contributed by atoms with Gasteiger partial charge in [-0.15, -0.1) is 11.6 Å². The van der Waals surface area contributed by atoms with Gasteiger partial charge in [0.25, 0.3) is 0 Å². The number of carboxylic acids is 1. The topological polar surface area (TPSA) is 80.0 Å². The molecular weight excluding hydrogens is 374 g/mol. The molecule has 2 rings (SSSR count). The highest BCUT2D eigenvalue weighted by atomic mass is 35.5. The van der Waals surface area contributed by atoms with E-state index in [1.165, 1.54) is 6.08 Å². The predicted octanol–water partition coefficient (Wildman–Crippen LogP) is 1.43. The molecule has 0 N–H and O–H groups in total. The van der Waals surface area contributed by atoms with Crippen molar-refractivity contribution in [1.82, 2.24) is 14.3 Å². The molecule has 0 saturated carbocycles. The van der Waals surface area contributed by atoms with Gasteiger partial charge < -0.3 is 9.90 Å². The second kappa shape index (κ2) is 6.64. The molecule has 24 heavy (non-hydrogen) atoms. The largest absolute Gasteiger partial charge is 0.549 e. The van der Waals surface area contributed by atoms with E-state index in [1.54, 1.807) is 0 Å². The molecule has 3 atom stereocenters. The summed E-state index contributed by atoms with van der Waals surface area (Å²) in [4.78, 5) is 22.6. The first kappa shape index (κ1) is 18.6. The molecule has 0 aromatic carbocycles. The summed E-state index contributed by atoms with van der Waals surface area (Å²) in [6, 6.07) is 0. The van der Waals surface area contributed by atoms with Gasteiger partial charge in [-0.3, -0.25) is 0 Å². The van der Waals surface area contributed by atoms with Crippen LogP contribution in [0.1, 0.15) is 18.8 Å². The van der Waals surface area contributed by atoms with Crippen LogP contribution in [0.5, 0.6) is 0 Å². The van der Waals surface area contributed by atoms with Crippen LogP contribution in [-0.2, 0) is 10.6 Å². The fourth-order valence-electron chi connectivity index (χ4n) is 2.26. The zero-order chi connectivity index (χ0) is 18.2. The van der Waals surface area contributed by atoms with E-state index in [0.717, 1.165) is 19.1 Å². The Morgan fingerprint density at radius 2 is 2.17 bits per heavy atom. The third-order valence-corrected chi connectivity index (χ3v) is 4.22. The predicted molar refractivity (Wildman–Crippen MR) is 77.4 cm³/mol. The Labute approximate surface area is 143 Å². The minimum Gasteiger partial charge on any atom is -0.549 e. The summed E-state index contributed by atoms with van der Waals surface area (Å²) in [6.45, 7) is -2.04. The Hall–Kier alpha value is -1.74. The van der Waals surface area contributed by atoms with Gasteiger partial charge in [0.05, 0.1) is 11.3 Å². The summed E-state index contributed by atoms with van der Waals surface area (Å²) in [7, 11) is 0. The number of nitrogens with zero attached hydrogens (tertiary/aromatic N) is 3. The van der Waals surface area contributed by atoms with Crippen molar-refractivity contribution in [1.29, 1.82) is 0 Å². The molecule has 0 amide bonds. The van der Waals surface area contributed by atoms with Crippen LogP contribution < -0.4 is 10.8 Å². The van der Waals surface area contributed by atoms with Gasteiger partial charge in [-0.1, -0.05) is 17.7 Å². The lowest BCUT2D eigenvalue weighted by Gasteiger charge is -2.26. The van der Waals surface area contributed by atoms with E-state index in [4.69, 9.17) is 23.2 Å². The molecule has 0 radical (unpaired) electrons. The second-order valence-corrected chi connectivity index (χ2v) is 6.10. The molecule has 6 nitrogen and oxygen atoms in total. The van der Waals surface area contributed by atoms with E-state index in [0.29, 0.717) is 0 Å². The number of alkyl halides is 4. The van der Waals surface area contributed by atoms with Crippen LogP contribution in [0.2, 0.25) is 0 Å². The lowest BCUT2D eigenvalue weighted by molar-refractivity contribution is -0.305. The van der Waals surface area contributed by atoms with Crippen molar-refractivity contribution < 1.29 is 23.1 Å². The highest BCUT2D eigenvalue weighted by Crippen LogP contribution is 2.35. The van der Waals surface area contributed by atoms with E-state index >= 15 is 0 Å². The van der Waals surface area contributed by atoms with Crippen molar-refractivity contribution in [2.24, 2.45) is 5.92 Å². The number of aryl methyl sites for hydroxylation is 1. The Kier molecular flexibility index (Phi) is 5.14. The zero-order valence-corrected chi connectivity index (χ0v) is 13.6. The van der Waals surface area contributed by atoms with Crippen LogP contribution in [-0.4, -0.2) is 25.7 Å². The maximum Gasteiger partial charge on any atom is 0.353 e. The van der Waals surface area contributed by atoms with Crippen molar-refractivity contribution >= 4 is 29.2 Å². The van der Waals surface area contributed by atoms with Crippen LogP contribution in [0.15, 0.2) is 28.1 Å². The molecule has 0 fully saturated rings. The number of hydrogen-bond acceptors (Lipinski definition) is 4. The van der Waals surface area contributed by atoms with Gasteiger partial charge >= 0.3 is 12.2 Å². The number of hydrogen-bond donors (Lipinski definition) is 0. The standard InChI is InChI=1S/C13H12Cl2F3N3O3/c1-6-19-21(12(24)20(6)11(16)17)13(18)3-2-7(9(15)5-13)4-8(14)10(22)23/h2-3,5,7-8,11H,4H2,1H3,(H,22,23)/p-1. The van der Waals surface area contributed by atoms with E-state index in [-0.39, 0.29) is 26.5 Å². The number of halogens is 5. The van der Waals surface area contributed by atoms with Gasteiger partial charge in [-0.2, -0.15) is 18.6 Å². The van der Waals surface area contributed by atoms with Crippen molar-refractivity contribution in [3.63, 3.8) is 0 Å². The van der Waals surface area contributed by atoms with Gasteiger partial charge in [0.15, 0.2) is 0 Å². The number of aliphatic carboxylic acids is 1. The summed E-state index contributed by atoms with van der Waals surface area (Å²) in [6.07, 6.45) is 2.71. The smallest absolute Gasteiger partial charge is 0.353 e. The van der Waals surface area contributed by atoms with Crippen molar-refractivity contribution in [3.8, 4) is 0 Å². The maximum absolute atomic E-state index is 15.0. The molecule has 1 aromatic rings. The average Bonchev–Trinajstić information content (AvgIpc) is 2.77. The summed E-state index contributed by atoms with van der Waals surface area (Å²) < 4.78 is 40.9. The first-order chi connectivity index (χ1) is 11.1. The van der Waals surface area contributed by atoms with E-state index in [1.807, 2.05) is 0 Å². The van der Waals surface area contributed by atoms with Crippen LogP contribution in [0.4, 0.5) is 13.2 Å². The fraction of sp³-hybridized carbons (Fsp3) is 0.462. The molecule has 0 aliphatic heterocycles. The van der Waals surface area contributed by atoms with Crippen LogP contribution in [0, 0.1) is 12.8 Å². The number of carbonyl (C=O) groups is 1. The fourth-order valence-corrected chi connectivity index (χ4v) is 2.76. The van der Waals surface area contributed by atoms with Gasteiger partial charge in [0.1, 0.15) is 5.82 Å². The molecule has 0 saturated heterocycles. The van der Waals surface area contributed by atoms with E-state index in [9.17, 15) is 27.9 Å². The quantitative estimate of drug-likeness (QED) is 0.568. The summed E-state index contributed by atoms with van der Waals surface area (Å²) in [5, 5.41) is 12.7. The third kappa shape index (κ3) is 3.36. The highest BCUT2D eigenvalue weighted by molar-refractivity contribution is 6.31. The lowest BCUT2D eigenvalue weighted by Crippen LogP contribution is -2.39. The van der Waals surface area contributed by atoms with Crippen molar-refractivity contribution in [2.45, 2.75) is 31.1 Å². The summed E-state index contributed by atoms with van der Waals surface area (Å²) in [5.74, 6) is -5.25. The van der Waals surface area contributed by atoms with E-state index < -0.39 is 35.3 Å². The Balaban J connectivity index is 2.36. The molecular formula is C13H11Cl2F3N3O3-. The van der Waals surface area contributed by atoms with Gasteiger partial charge in [0, 0.05) is 11.0 Å². The lowest BCUT2D eigenvalue weighted by atomic mass is 9.94. The maximum atomic E-state index is 15.0.